The lowest BCUT2D eigenvalue weighted by Crippen LogP contribution is -2.30. The third-order valence-corrected chi connectivity index (χ3v) is 4.89. The number of benzene rings is 1. The van der Waals surface area contributed by atoms with Crippen LogP contribution in [-0.2, 0) is 9.53 Å². The van der Waals surface area contributed by atoms with Crippen molar-refractivity contribution in [3.05, 3.63) is 84.2 Å². The van der Waals surface area contributed by atoms with E-state index in [1.54, 1.807) is 20.8 Å². The van der Waals surface area contributed by atoms with Crippen molar-refractivity contribution in [3.8, 4) is 11.5 Å². The molecule has 1 unspecified atom stereocenters. The molecule has 0 aliphatic carbocycles. The molecule has 0 aliphatic rings. The first-order valence-electron chi connectivity index (χ1n) is 9.91. The van der Waals surface area contributed by atoms with Gasteiger partial charge in [0, 0.05) is 27.9 Å². The molecular formula is C22H20BrFN4O6. The van der Waals surface area contributed by atoms with E-state index in [-0.39, 0.29) is 22.6 Å². The number of hydrogen-bond donors (Lipinski definition) is 1. The zero-order valence-electron chi connectivity index (χ0n) is 18.6. The number of nitro groups is 1. The highest BCUT2D eigenvalue weighted by molar-refractivity contribution is 9.10. The number of rotatable bonds is 6. The highest BCUT2D eigenvalue weighted by atomic mass is 79.9. The molecule has 1 N–H and O–H groups in total. The van der Waals surface area contributed by atoms with Crippen LogP contribution in [0.25, 0.3) is 0 Å². The second-order valence-electron chi connectivity index (χ2n) is 8.29. The molecule has 178 valence electrons. The van der Waals surface area contributed by atoms with Gasteiger partial charge in [0.2, 0.25) is 5.75 Å². The van der Waals surface area contributed by atoms with E-state index in [9.17, 15) is 19.7 Å². The SMILES string of the molecule is Cc1cc(C(C(=O)OC(C)(C)C)c2ccc([N+](=O)[O-])c(Oc3cncc(Br)c3)c2F)n[nH]c1=O. The van der Waals surface area contributed by atoms with Crippen molar-refractivity contribution in [2.24, 2.45) is 0 Å². The van der Waals surface area contributed by atoms with Crippen LogP contribution in [0.5, 0.6) is 11.5 Å². The summed E-state index contributed by atoms with van der Waals surface area (Å²) in [5.74, 6) is -4.15. The normalized spacial score (nSPS) is 12.2. The van der Waals surface area contributed by atoms with Gasteiger partial charge in [0.25, 0.3) is 5.56 Å². The van der Waals surface area contributed by atoms with E-state index in [1.165, 1.54) is 31.5 Å². The molecule has 1 atom stereocenters. The highest BCUT2D eigenvalue weighted by Crippen LogP contribution is 2.40. The summed E-state index contributed by atoms with van der Waals surface area (Å²) in [5.41, 5.74) is -2.12. The number of carbonyl (C=O) groups is 1. The number of halogens is 2. The van der Waals surface area contributed by atoms with Crippen molar-refractivity contribution in [2.75, 3.05) is 0 Å². The molecule has 2 heterocycles. The van der Waals surface area contributed by atoms with Gasteiger partial charge < -0.3 is 9.47 Å². The van der Waals surface area contributed by atoms with Crippen LogP contribution < -0.4 is 10.3 Å². The Kier molecular flexibility index (Phi) is 7.10. The lowest BCUT2D eigenvalue weighted by molar-refractivity contribution is -0.385. The van der Waals surface area contributed by atoms with Crippen LogP contribution in [0.1, 0.15) is 43.5 Å². The summed E-state index contributed by atoms with van der Waals surface area (Å²) in [7, 11) is 0. The Balaban J connectivity index is 2.22. The van der Waals surface area contributed by atoms with Gasteiger partial charge in [-0.05, 0) is 61.8 Å². The maximum Gasteiger partial charge on any atom is 0.320 e. The second kappa shape index (κ2) is 9.67. The van der Waals surface area contributed by atoms with E-state index >= 15 is 4.39 Å². The van der Waals surface area contributed by atoms with Crippen LogP contribution in [-0.4, -0.2) is 31.7 Å². The van der Waals surface area contributed by atoms with Gasteiger partial charge in [-0.2, -0.15) is 5.10 Å². The van der Waals surface area contributed by atoms with Crippen LogP contribution in [0.4, 0.5) is 10.1 Å². The quantitative estimate of drug-likeness (QED) is 0.276. The zero-order chi connectivity index (χ0) is 25.2. The Morgan fingerprint density at radius 3 is 2.56 bits per heavy atom. The maximum absolute atomic E-state index is 15.8. The first-order valence-corrected chi connectivity index (χ1v) is 10.7. The van der Waals surface area contributed by atoms with E-state index < -0.39 is 45.2 Å². The number of aryl methyl sites for hydroxylation is 1. The van der Waals surface area contributed by atoms with Crippen molar-refractivity contribution in [1.29, 1.82) is 0 Å². The number of nitrogens with zero attached hydrogens (tertiary/aromatic N) is 3. The smallest absolute Gasteiger partial charge is 0.320 e. The molecule has 0 saturated carbocycles. The van der Waals surface area contributed by atoms with Gasteiger partial charge in [-0.3, -0.25) is 24.7 Å². The molecule has 12 heteroatoms. The molecule has 0 amide bonds. The van der Waals surface area contributed by atoms with Crippen molar-refractivity contribution < 1.29 is 23.6 Å². The average Bonchev–Trinajstić information content (AvgIpc) is 2.72. The monoisotopic (exact) mass is 534 g/mol. The molecule has 0 fully saturated rings. The Hall–Kier alpha value is -3.67. The van der Waals surface area contributed by atoms with Crippen LogP contribution in [0.3, 0.4) is 0 Å². The predicted octanol–water partition coefficient (Wildman–Crippen LogP) is 4.55. The Morgan fingerprint density at radius 1 is 1.26 bits per heavy atom. The predicted molar refractivity (Wildman–Crippen MR) is 122 cm³/mol. The second-order valence-corrected chi connectivity index (χ2v) is 9.20. The van der Waals surface area contributed by atoms with Crippen LogP contribution in [0.2, 0.25) is 0 Å². The molecule has 3 aromatic rings. The molecule has 34 heavy (non-hydrogen) atoms. The molecule has 0 spiro atoms. The Morgan fingerprint density at radius 2 is 1.97 bits per heavy atom. The lowest BCUT2D eigenvalue weighted by atomic mass is 9.93. The fourth-order valence-corrected chi connectivity index (χ4v) is 3.37. The summed E-state index contributed by atoms with van der Waals surface area (Å²) < 4.78 is 27.3. The van der Waals surface area contributed by atoms with E-state index in [0.29, 0.717) is 4.47 Å². The fourth-order valence-electron chi connectivity index (χ4n) is 3.03. The van der Waals surface area contributed by atoms with Crippen LogP contribution in [0.15, 0.2) is 45.9 Å². The van der Waals surface area contributed by atoms with Crippen molar-refractivity contribution in [2.45, 2.75) is 39.2 Å². The van der Waals surface area contributed by atoms with E-state index in [4.69, 9.17) is 9.47 Å². The largest absolute Gasteiger partial charge is 0.459 e. The molecule has 2 aromatic heterocycles. The molecule has 0 radical (unpaired) electrons. The third kappa shape index (κ3) is 5.63. The number of pyridine rings is 1. The van der Waals surface area contributed by atoms with E-state index in [0.717, 1.165) is 12.1 Å². The number of nitro benzene ring substituents is 1. The highest BCUT2D eigenvalue weighted by Gasteiger charge is 2.35. The number of esters is 1. The Labute approximate surface area is 201 Å². The van der Waals surface area contributed by atoms with Gasteiger partial charge in [-0.25, -0.2) is 9.49 Å². The summed E-state index contributed by atoms with van der Waals surface area (Å²) in [6.07, 6.45) is 2.70. The number of aromatic amines is 1. The molecular weight excluding hydrogens is 515 g/mol. The third-order valence-electron chi connectivity index (χ3n) is 4.46. The number of ether oxygens (including phenoxy) is 2. The molecule has 0 aliphatic heterocycles. The van der Waals surface area contributed by atoms with Crippen LogP contribution >= 0.6 is 15.9 Å². The topological polar surface area (TPSA) is 137 Å². The number of carbonyl (C=O) groups excluding carboxylic acids is 1. The molecule has 3 rings (SSSR count). The van der Waals surface area contributed by atoms with Crippen LogP contribution in [0, 0.1) is 22.9 Å². The van der Waals surface area contributed by atoms with Gasteiger partial charge in [0.1, 0.15) is 17.3 Å². The maximum atomic E-state index is 15.8. The number of H-pyrrole nitrogens is 1. The molecule has 0 bridgehead atoms. The summed E-state index contributed by atoms with van der Waals surface area (Å²) in [6, 6.07) is 4.89. The summed E-state index contributed by atoms with van der Waals surface area (Å²) in [4.78, 5) is 39.6. The van der Waals surface area contributed by atoms with Gasteiger partial charge in [-0.1, -0.05) is 0 Å². The van der Waals surface area contributed by atoms with Gasteiger partial charge >= 0.3 is 11.7 Å². The molecule has 0 saturated heterocycles. The van der Waals surface area contributed by atoms with E-state index in [2.05, 4.69) is 31.1 Å². The number of aromatic nitrogens is 3. The number of hydrogen-bond acceptors (Lipinski definition) is 8. The van der Waals surface area contributed by atoms with Gasteiger partial charge in [0.15, 0.2) is 5.82 Å². The summed E-state index contributed by atoms with van der Waals surface area (Å²) in [6.45, 7) is 6.40. The molecule has 10 nitrogen and oxygen atoms in total. The van der Waals surface area contributed by atoms with Crippen molar-refractivity contribution in [3.63, 3.8) is 0 Å². The minimum absolute atomic E-state index is 0.00539. The van der Waals surface area contributed by atoms with Gasteiger partial charge in [-0.15, -0.1) is 0 Å². The summed E-state index contributed by atoms with van der Waals surface area (Å²) >= 11 is 3.20. The van der Waals surface area contributed by atoms with E-state index in [1.807, 2.05) is 0 Å². The summed E-state index contributed by atoms with van der Waals surface area (Å²) in [5, 5.41) is 17.7. The minimum atomic E-state index is -1.45. The number of nitrogens with one attached hydrogen (secondary N) is 1. The molecule has 1 aromatic carbocycles. The lowest BCUT2D eigenvalue weighted by Gasteiger charge is -2.24. The Bertz CT molecular complexity index is 1320. The first kappa shape index (κ1) is 25.0. The standard InChI is InChI=1S/C22H20BrFN4O6/c1-11-7-15(26-27-20(11)29)17(21(30)34-22(2,3)4)14-5-6-16(28(31)32)19(18(14)24)33-13-8-12(23)9-25-10-13/h5-10,17H,1-4H3,(H,27,29). The van der Waals surface area contributed by atoms with Crippen molar-refractivity contribution >= 4 is 27.6 Å². The fraction of sp³-hybridized carbons (Fsp3) is 0.273. The first-order chi connectivity index (χ1) is 15.9. The van der Waals surface area contributed by atoms with Gasteiger partial charge in [0.05, 0.1) is 16.8 Å². The van der Waals surface area contributed by atoms with Crippen molar-refractivity contribution in [1.82, 2.24) is 15.2 Å². The minimum Gasteiger partial charge on any atom is -0.459 e. The zero-order valence-corrected chi connectivity index (χ0v) is 20.2. The average molecular weight is 535 g/mol.